The van der Waals surface area contributed by atoms with Crippen LogP contribution in [0.2, 0.25) is 0 Å². The standard InChI is InChI=1S/C22H19F3N6O/c1-14-17(13-28-31(14)18-9-8-16(12-27-18)22(23,24)25)21(32)29-19(15-6-4-3-5-7-15)20-26-10-11-30(20)2/h3-13,19H,1-2H3,(H,29,32). The Morgan fingerprint density at radius 1 is 1.06 bits per heavy atom. The summed E-state index contributed by atoms with van der Waals surface area (Å²) >= 11 is 0. The molecule has 164 valence electrons. The topological polar surface area (TPSA) is 77.6 Å². The summed E-state index contributed by atoms with van der Waals surface area (Å²) in [5.41, 5.74) is 0.720. The van der Waals surface area contributed by atoms with Gasteiger partial charge in [-0.05, 0) is 24.6 Å². The van der Waals surface area contributed by atoms with Gasteiger partial charge in [-0.2, -0.15) is 18.3 Å². The molecule has 1 unspecified atom stereocenters. The molecule has 0 radical (unpaired) electrons. The summed E-state index contributed by atoms with van der Waals surface area (Å²) in [5, 5.41) is 7.13. The molecule has 0 aliphatic rings. The van der Waals surface area contributed by atoms with E-state index in [1.807, 2.05) is 41.9 Å². The van der Waals surface area contributed by atoms with Gasteiger partial charge < -0.3 is 9.88 Å². The summed E-state index contributed by atoms with van der Waals surface area (Å²) in [5.74, 6) is 0.440. The maximum Gasteiger partial charge on any atom is 0.417 e. The van der Waals surface area contributed by atoms with Crippen LogP contribution >= 0.6 is 0 Å². The number of imidazole rings is 1. The molecule has 1 N–H and O–H groups in total. The first kappa shape index (κ1) is 21.3. The van der Waals surface area contributed by atoms with E-state index in [0.717, 1.165) is 17.8 Å². The zero-order valence-electron chi connectivity index (χ0n) is 17.2. The molecule has 0 saturated carbocycles. The summed E-state index contributed by atoms with van der Waals surface area (Å²) in [4.78, 5) is 21.3. The minimum absolute atomic E-state index is 0.179. The highest BCUT2D eigenvalue weighted by Gasteiger charge is 2.31. The van der Waals surface area contributed by atoms with Crippen molar-refractivity contribution in [2.24, 2.45) is 7.05 Å². The van der Waals surface area contributed by atoms with Gasteiger partial charge in [-0.3, -0.25) is 4.79 Å². The highest BCUT2D eigenvalue weighted by molar-refractivity contribution is 5.95. The third-order valence-corrected chi connectivity index (χ3v) is 5.07. The van der Waals surface area contributed by atoms with Crippen molar-refractivity contribution >= 4 is 5.91 Å². The quantitative estimate of drug-likeness (QED) is 0.512. The summed E-state index contributed by atoms with van der Waals surface area (Å²) in [6, 6.07) is 11.0. The molecule has 1 atom stereocenters. The van der Waals surface area contributed by atoms with Crippen molar-refractivity contribution in [3.63, 3.8) is 0 Å². The molecule has 0 fully saturated rings. The van der Waals surface area contributed by atoms with E-state index in [1.54, 1.807) is 19.3 Å². The molecule has 4 aromatic rings. The molecule has 0 spiro atoms. The largest absolute Gasteiger partial charge is 0.417 e. The fourth-order valence-electron chi connectivity index (χ4n) is 3.35. The molecule has 0 saturated heterocycles. The van der Waals surface area contributed by atoms with Crippen molar-refractivity contribution in [2.75, 3.05) is 0 Å². The van der Waals surface area contributed by atoms with Gasteiger partial charge in [0.2, 0.25) is 0 Å². The number of halogens is 3. The summed E-state index contributed by atoms with van der Waals surface area (Å²) in [7, 11) is 1.84. The number of aromatic nitrogens is 5. The van der Waals surface area contributed by atoms with Crippen LogP contribution < -0.4 is 5.32 Å². The smallest absolute Gasteiger partial charge is 0.338 e. The first-order valence-corrected chi connectivity index (χ1v) is 9.67. The Kier molecular flexibility index (Phi) is 5.52. The van der Waals surface area contributed by atoms with Gasteiger partial charge in [0, 0.05) is 25.6 Å². The minimum Gasteiger partial charge on any atom is -0.338 e. The predicted octanol–water partition coefficient (Wildman–Crippen LogP) is 3.85. The molecule has 1 amide bonds. The van der Waals surface area contributed by atoms with Crippen LogP contribution in [0.3, 0.4) is 0 Å². The van der Waals surface area contributed by atoms with Crippen LogP contribution in [0.5, 0.6) is 0 Å². The van der Waals surface area contributed by atoms with E-state index in [2.05, 4.69) is 20.4 Å². The number of rotatable bonds is 5. The lowest BCUT2D eigenvalue weighted by molar-refractivity contribution is -0.137. The predicted molar refractivity (Wildman–Crippen MR) is 110 cm³/mol. The highest BCUT2D eigenvalue weighted by atomic mass is 19.4. The van der Waals surface area contributed by atoms with E-state index in [4.69, 9.17) is 0 Å². The van der Waals surface area contributed by atoms with E-state index in [-0.39, 0.29) is 11.4 Å². The number of nitrogens with zero attached hydrogens (tertiary/aromatic N) is 5. The second kappa shape index (κ2) is 8.29. The van der Waals surface area contributed by atoms with Crippen molar-refractivity contribution in [3.8, 4) is 5.82 Å². The van der Waals surface area contributed by atoms with E-state index < -0.39 is 23.7 Å². The third-order valence-electron chi connectivity index (χ3n) is 5.07. The molecule has 3 heterocycles. The minimum atomic E-state index is -4.48. The lowest BCUT2D eigenvalue weighted by Crippen LogP contribution is -2.31. The fraction of sp³-hybridized carbons (Fsp3) is 0.182. The van der Waals surface area contributed by atoms with E-state index in [1.165, 1.54) is 16.9 Å². The Labute approximate surface area is 181 Å². The van der Waals surface area contributed by atoms with Crippen LogP contribution in [0.25, 0.3) is 5.82 Å². The second-order valence-corrected chi connectivity index (χ2v) is 7.17. The second-order valence-electron chi connectivity index (χ2n) is 7.17. The molecule has 4 rings (SSSR count). The first-order valence-electron chi connectivity index (χ1n) is 9.67. The maximum atomic E-state index is 13.1. The summed E-state index contributed by atoms with van der Waals surface area (Å²) in [6.07, 6.45) is 1.06. The zero-order valence-corrected chi connectivity index (χ0v) is 17.2. The number of amides is 1. The lowest BCUT2D eigenvalue weighted by atomic mass is 10.1. The SMILES string of the molecule is Cc1c(C(=O)NC(c2ccccc2)c2nccn2C)cnn1-c1ccc(C(F)(F)F)cn1. The third kappa shape index (κ3) is 4.11. The molecule has 0 bridgehead atoms. The van der Waals surface area contributed by atoms with Crippen molar-refractivity contribution < 1.29 is 18.0 Å². The Morgan fingerprint density at radius 3 is 2.41 bits per heavy atom. The molecule has 3 aromatic heterocycles. The number of nitrogens with one attached hydrogen (secondary N) is 1. The van der Waals surface area contributed by atoms with Crippen LogP contribution in [0.4, 0.5) is 13.2 Å². The maximum absolute atomic E-state index is 13.1. The van der Waals surface area contributed by atoms with Gasteiger partial charge in [-0.1, -0.05) is 30.3 Å². The number of aryl methyl sites for hydroxylation is 1. The van der Waals surface area contributed by atoms with Gasteiger partial charge in [0.05, 0.1) is 23.0 Å². The Bertz CT molecular complexity index is 1230. The average molecular weight is 440 g/mol. The molecular weight excluding hydrogens is 421 g/mol. The normalized spacial score (nSPS) is 12.5. The number of carbonyl (C=O) groups excluding carboxylic acids is 1. The number of carbonyl (C=O) groups is 1. The first-order chi connectivity index (χ1) is 15.3. The van der Waals surface area contributed by atoms with Crippen molar-refractivity contribution in [1.82, 2.24) is 29.6 Å². The fourth-order valence-corrected chi connectivity index (χ4v) is 3.35. The van der Waals surface area contributed by atoms with E-state index in [9.17, 15) is 18.0 Å². The molecule has 32 heavy (non-hydrogen) atoms. The number of pyridine rings is 1. The van der Waals surface area contributed by atoms with Crippen molar-refractivity contribution in [3.05, 3.63) is 95.5 Å². The number of benzene rings is 1. The van der Waals surface area contributed by atoms with Gasteiger partial charge in [0.25, 0.3) is 5.91 Å². The van der Waals surface area contributed by atoms with Gasteiger partial charge in [0.1, 0.15) is 11.9 Å². The number of hydrogen-bond donors (Lipinski definition) is 1. The van der Waals surface area contributed by atoms with E-state index in [0.29, 0.717) is 11.5 Å². The van der Waals surface area contributed by atoms with Crippen molar-refractivity contribution in [1.29, 1.82) is 0 Å². The van der Waals surface area contributed by atoms with E-state index >= 15 is 0 Å². The van der Waals surface area contributed by atoms with Gasteiger partial charge in [-0.15, -0.1) is 0 Å². The number of alkyl halides is 3. The Morgan fingerprint density at radius 2 is 1.81 bits per heavy atom. The zero-order chi connectivity index (χ0) is 22.9. The highest BCUT2D eigenvalue weighted by Crippen LogP contribution is 2.29. The molecule has 0 aliphatic heterocycles. The van der Waals surface area contributed by atoms with Crippen LogP contribution in [-0.4, -0.2) is 30.2 Å². The molecule has 1 aromatic carbocycles. The average Bonchev–Trinajstić information content (AvgIpc) is 3.37. The van der Waals surface area contributed by atoms with Crippen LogP contribution in [-0.2, 0) is 13.2 Å². The number of hydrogen-bond acceptors (Lipinski definition) is 4. The van der Waals surface area contributed by atoms with Gasteiger partial charge in [0.15, 0.2) is 5.82 Å². The Balaban J connectivity index is 1.62. The molecule has 10 heteroatoms. The molecule has 0 aliphatic carbocycles. The monoisotopic (exact) mass is 440 g/mol. The van der Waals surface area contributed by atoms with Crippen molar-refractivity contribution in [2.45, 2.75) is 19.1 Å². The Hall–Kier alpha value is -3.95. The summed E-state index contributed by atoms with van der Waals surface area (Å²) in [6.45, 7) is 1.65. The van der Waals surface area contributed by atoms with Gasteiger partial charge in [-0.25, -0.2) is 14.6 Å². The molecular formula is C22H19F3N6O. The van der Waals surface area contributed by atoms with Crippen LogP contribution in [0.1, 0.15) is 39.0 Å². The van der Waals surface area contributed by atoms with Gasteiger partial charge >= 0.3 is 6.18 Å². The molecule has 7 nitrogen and oxygen atoms in total. The lowest BCUT2D eigenvalue weighted by Gasteiger charge is -2.19. The van der Waals surface area contributed by atoms with Crippen LogP contribution in [0.15, 0.2) is 67.3 Å². The van der Waals surface area contributed by atoms with Crippen LogP contribution in [0, 0.1) is 6.92 Å². The summed E-state index contributed by atoms with van der Waals surface area (Å²) < 4.78 is 41.5.